The van der Waals surface area contributed by atoms with Gasteiger partial charge in [-0.25, -0.2) is 9.59 Å². The van der Waals surface area contributed by atoms with Gasteiger partial charge < -0.3 is 25.8 Å². The average molecular weight is 398 g/mol. The number of nitrogens with two attached hydrogens (primary N) is 1. The zero-order chi connectivity index (χ0) is 20.8. The maximum atomic E-state index is 11.8. The Labute approximate surface area is 169 Å². The molecule has 3 rings (SSSR count). The van der Waals surface area contributed by atoms with Gasteiger partial charge in [-0.05, 0) is 42.8 Å². The predicted molar refractivity (Wildman–Crippen MR) is 111 cm³/mol. The third-order valence-corrected chi connectivity index (χ3v) is 4.81. The molecule has 1 saturated heterocycles. The van der Waals surface area contributed by atoms with Crippen molar-refractivity contribution in [2.75, 3.05) is 43.8 Å². The van der Waals surface area contributed by atoms with E-state index < -0.39 is 5.97 Å². The number of amides is 1. The van der Waals surface area contributed by atoms with Crippen LogP contribution in [0.5, 0.6) is 0 Å². The summed E-state index contributed by atoms with van der Waals surface area (Å²) in [7, 11) is 0. The lowest BCUT2D eigenvalue weighted by Crippen LogP contribution is -2.48. The number of ether oxygens (including phenoxy) is 1. The van der Waals surface area contributed by atoms with Crippen molar-refractivity contribution < 1.29 is 19.4 Å². The summed E-state index contributed by atoms with van der Waals surface area (Å²) in [5, 5.41) is 12.3. The number of carboxylic acid groups (broad SMARTS) is 1. The van der Waals surface area contributed by atoms with Crippen LogP contribution in [0.2, 0.25) is 0 Å². The third kappa shape index (κ3) is 5.39. The van der Waals surface area contributed by atoms with E-state index in [1.807, 2.05) is 25.1 Å². The quantitative estimate of drug-likeness (QED) is 0.642. The standard InChI is InChI=1S/C21H26N4O4/c1-2-29-21(28)25-10-8-24(9-11-25)14-15-4-3-5-17(12-15)23-19-7-6-16(20(26)27)13-18(19)22/h3-7,12-13,23H,2,8-11,14,22H2,1H3,(H,26,27). The first kappa shape index (κ1) is 20.5. The molecule has 1 amide bonds. The van der Waals surface area contributed by atoms with Crippen LogP contribution in [0.1, 0.15) is 22.8 Å². The van der Waals surface area contributed by atoms with Crippen LogP contribution in [0.3, 0.4) is 0 Å². The molecule has 1 heterocycles. The van der Waals surface area contributed by atoms with Gasteiger partial charge >= 0.3 is 12.1 Å². The van der Waals surface area contributed by atoms with Crippen LogP contribution in [-0.4, -0.2) is 59.8 Å². The Bertz CT molecular complexity index is 879. The minimum absolute atomic E-state index is 0.156. The van der Waals surface area contributed by atoms with Gasteiger partial charge in [-0.15, -0.1) is 0 Å². The maximum absolute atomic E-state index is 11.8. The summed E-state index contributed by atoms with van der Waals surface area (Å²) < 4.78 is 5.05. The number of rotatable bonds is 6. The van der Waals surface area contributed by atoms with Crippen LogP contribution in [-0.2, 0) is 11.3 Å². The van der Waals surface area contributed by atoms with Gasteiger partial charge in [-0.3, -0.25) is 4.90 Å². The molecule has 0 aliphatic carbocycles. The van der Waals surface area contributed by atoms with Gasteiger partial charge in [-0.1, -0.05) is 12.1 Å². The Balaban J connectivity index is 1.59. The Morgan fingerprint density at radius 1 is 1.14 bits per heavy atom. The number of anilines is 3. The first-order valence-corrected chi connectivity index (χ1v) is 9.59. The molecule has 0 aromatic heterocycles. The third-order valence-electron chi connectivity index (χ3n) is 4.81. The number of carbonyl (C=O) groups is 2. The fourth-order valence-corrected chi connectivity index (χ4v) is 3.27. The molecule has 0 bridgehead atoms. The second-order valence-electron chi connectivity index (χ2n) is 6.89. The van der Waals surface area contributed by atoms with E-state index in [0.29, 0.717) is 31.1 Å². The maximum Gasteiger partial charge on any atom is 0.409 e. The second kappa shape index (κ2) is 9.29. The van der Waals surface area contributed by atoms with E-state index in [2.05, 4.69) is 16.3 Å². The van der Waals surface area contributed by atoms with Crippen LogP contribution >= 0.6 is 0 Å². The molecular formula is C21H26N4O4. The van der Waals surface area contributed by atoms with Crippen molar-refractivity contribution in [3.05, 3.63) is 53.6 Å². The van der Waals surface area contributed by atoms with E-state index in [1.54, 1.807) is 11.0 Å². The minimum Gasteiger partial charge on any atom is -0.478 e. The summed E-state index contributed by atoms with van der Waals surface area (Å²) in [6, 6.07) is 12.6. The number of nitrogen functional groups attached to an aromatic ring is 1. The van der Waals surface area contributed by atoms with Gasteiger partial charge in [0.25, 0.3) is 0 Å². The molecule has 1 aliphatic rings. The van der Waals surface area contributed by atoms with Gasteiger partial charge in [-0.2, -0.15) is 0 Å². The lowest BCUT2D eigenvalue weighted by atomic mass is 10.1. The average Bonchev–Trinajstić information content (AvgIpc) is 2.70. The van der Waals surface area contributed by atoms with Crippen LogP contribution in [0.4, 0.5) is 21.9 Å². The van der Waals surface area contributed by atoms with Crippen molar-refractivity contribution in [2.45, 2.75) is 13.5 Å². The molecule has 8 nitrogen and oxygen atoms in total. The molecule has 0 spiro atoms. The largest absolute Gasteiger partial charge is 0.478 e. The molecule has 0 radical (unpaired) electrons. The van der Waals surface area contributed by atoms with E-state index in [1.165, 1.54) is 12.1 Å². The lowest BCUT2D eigenvalue weighted by molar-refractivity contribution is 0.0696. The highest BCUT2D eigenvalue weighted by molar-refractivity contribution is 5.90. The summed E-state index contributed by atoms with van der Waals surface area (Å²) in [5.74, 6) is -1.01. The van der Waals surface area contributed by atoms with Crippen molar-refractivity contribution in [1.82, 2.24) is 9.80 Å². The van der Waals surface area contributed by atoms with Crippen LogP contribution in [0, 0.1) is 0 Å². The second-order valence-corrected chi connectivity index (χ2v) is 6.89. The van der Waals surface area contributed by atoms with Gasteiger partial charge in [0.1, 0.15) is 0 Å². The highest BCUT2D eigenvalue weighted by Gasteiger charge is 2.21. The highest BCUT2D eigenvalue weighted by atomic mass is 16.6. The Hall–Kier alpha value is -3.26. The number of carboxylic acids is 1. The van der Waals surface area contributed by atoms with E-state index in [4.69, 9.17) is 15.6 Å². The zero-order valence-corrected chi connectivity index (χ0v) is 16.4. The van der Waals surface area contributed by atoms with E-state index in [9.17, 15) is 9.59 Å². The van der Waals surface area contributed by atoms with Crippen molar-refractivity contribution in [1.29, 1.82) is 0 Å². The molecule has 8 heteroatoms. The van der Waals surface area contributed by atoms with Gasteiger partial charge in [0.15, 0.2) is 0 Å². The monoisotopic (exact) mass is 398 g/mol. The van der Waals surface area contributed by atoms with Crippen LogP contribution in [0.15, 0.2) is 42.5 Å². The normalized spacial score (nSPS) is 14.4. The highest BCUT2D eigenvalue weighted by Crippen LogP contribution is 2.25. The van der Waals surface area contributed by atoms with Gasteiger partial charge in [0.2, 0.25) is 0 Å². The Morgan fingerprint density at radius 3 is 2.55 bits per heavy atom. The Kier molecular flexibility index (Phi) is 6.56. The van der Waals surface area contributed by atoms with Gasteiger partial charge in [0, 0.05) is 38.4 Å². The van der Waals surface area contributed by atoms with Crippen LogP contribution < -0.4 is 11.1 Å². The molecule has 154 valence electrons. The number of benzene rings is 2. The number of carbonyl (C=O) groups excluding carboxylic acids is 1. The summed E-state index contributed by atoms with van der Waals surface area (Å²) >= 11 is 0. The first-order chi connectivity index (χ1) is 14.0. The summed E-state index contributed by atoms with van der Waals surface area (Å²) in [6.45, 7) is 5.87. The number of hydrogen-bond donors (Lipinski definition) is 3. The minimum atomic E-state index is -1.01. The number of nitrogens with one attached hydrogen (secondary N) is 1. The van der Waals surface area contributed by atoms with Crippen molar-refractivity contribution in [3.63, 3.8) is 0 Å². The van der Waals surface area contributed by atoms with E-state index in [-0.39, 0.29) is 11.7 Å². The van der Waals surface area contributed by atoms with Crippen molar-refractivity contribution >= 4 is 29.1 Å². The molecule has 2 aromatic carbocycles. The Morgan fingerprint density at radius 2 is 1.90 bits per heavy atom. The van der Waals surface area contributed by atoms with E-state index >= 15 is 0 Å². The van der Waals surface area contributed by atoms with Crippen molar-refractivity contribution in [2.24, 2.45) is 0 Å². The SMILES string of the molecule is CCOC(=O)N1CCN(Cc2cccc(Nc3ccc(C(=O)O)cc3N)c2)CC1. The number of nitrogens with zero attached hydrogens (tertiary/aromatic N) is 2. The topological polar surface area (TPSA) is 108 Å². The number of piperazine rings is 1. The molecule has 4 N–H and O–H groups in total. The van der Waals surface area contributed by atoms with Crippen molar-refractivity contribution in [3.8, 4) is 0 Å². The summed E-state index contributed by atoms with van der Waals surface area (Å²) in [5.41, 5.74) is 9.19. The summed E-state index contributed by atoms with van der Waals surface area (Å²) in [6.07, 6.45) is -0.246. The fraction of sp³-hybridized carbons (Fsp3) is 0.333. The lowest BCUT2D eigenvalue weighted by Gasteiger charge is -2.34. The predicted octanol–water partition coefficient (Wildman–Crippen LogP) is 2.98. The smallest absolute Gasteiger partial charge is 0.409 e. The molecular weight excluding hydrogens is 372 g/mol. The molecule has 0 saturated carbocycles. The van der Waals surface area contributed by atoms with Gasteiger partial charge in [0.05, 0.1) is 23.5 Å². The van der Waals surface area contributed by atoms with Crippen LogP contribution in [0.25, 0.3) is 0 Å². The number of hydrogen-bond acceptors (Lipinski definition) is 6. The molecule has 2 aromatic rings. The molecule has 29 heavy (non-hydrogen) atoms. The molecule has 1 aliphatic heterocycles. The summed E-state index contributed by atoms with van der Waals surface area (Å²) in [4.78, 5) is 26.9. The molecule has 0 unspecified atom stereocenters. The number of aromatic carboxylic acids is 1. The molecule has 1 fully saturated rings. The van der Waals surface area contributed by atoms with E-state index in [0.717, 1.165) is 30.9 Å². The molecule has 0 atom stereocenters. The first-order valence-electron chi connectivity index (χ1n) is 9.59. The zero-order valence-electron chi connectivity index (χ0n) is 16.4. The fourth-order valence-electron chi connectivity index (χ4n) is 3.27.